The van der Waals surface area contributed by atoms with E-state index in [0.29, 0.717) is 15.8 Å². The van der Waals surface area contributed by atoms with Gasteiger partial charge in [0.2, 0.25) is 0 Å². The molecule has 0 atom stereocenters. The zero-order valence-electron chi connectivity index (χ0n) is 13.9. The molecule has 2 aromatic carbocycles. The molecule has 4 amide bonds. The summed E-state index contributed by atoms with van der Waals surface area (Å²) in [5, 5.41) is 2.21. The van der Waals surface area contributed by atoms with Gasteiger partial charge in [-0.3, -0.25) is 19.8 Å². The van der Waals surface area contributed by atoms with Gasteiger partial charge < -0.3 is 4.74 Å². The first-order valence-corrected chi connectivity index (χ1v) is 8.55. The molecule has 2 aromatic rings. The highest BCUT2D eigenvalue weighted by Gasteiger charge is 2.35. The van der Waals surface area contributed by atoms with Crippen LogP contribution in [0.4, 0.5) is 4.79 Å². The van der Waals surface area contributed by atoms with Gasteiger partial charge in [0.1, 0.15) is 11.3 Å². The minimum atomic E-state index is -0.725. The molecule has 0 aromatic heterocycles. The molecule has 0 bridgehead atoms. The Morgan fingerprint density at radius 2 is 1.85 bits per heavy atom. The molecule has 3 rings (SSSR count). The summed E-state index contributed by atoms with van der Waals surface area (Å²) >= 11 is 3.36. The molecule has 1 saturated heterocycles. The first-order valence-electron chi connectivity index (χ1n) is 7.76. The maximum atomic E-state index is 12.7. The van der Waals surface area contributed by atoms with Crippen LogP contribution in [0.15, 0.2) is 58.6 Å². The largest absolute Gasteiger partial charge is 0.496 e. The Morgan fingerprint density at radius 3 is 2.50 bits per heavy atom. The molecule has 26 heavy (non-hydrogen) atoms. The van der Waals surface area contributed by atoms with Crippen LogP contribution in [0, 0.1) is 0 Å². The minimum absolute atomic E-state index is 0.0857. The average Bonchev–Trinajstić information content (AvgIpc) is 2.63. The van der Waals surface area contributed by atoms with Crippen molar-refractivity contribution in [2.24, 2.45) is 0 Å². The van der Waals surface area contributed by atoms with Crippen LogP contribution in [0.1, 0.15) is 11.1 Å². The lowest BCUT2D eigenvalue weighted by Crippen LogP contribution is -2.53. The van der Waals surface area contributed by atoms with Crippen LogP contribution in [-0.2, 0) is 16.1 Å². The molecule has 1 fully saturated rings. The zero-order valence-corrected chi connectivity index (χ0v) is 15.4. The lowest BCUT2D eigenvalue weighted by Gasteiger charge is -2.26. The number of methoxy groups -OCH3 is 1. The van der Waals surface area contributed by atoms with Crippen LogP contribution in [0.25, 0.3) is 6.08 Å². The molecule has 0 spiro atoms. The maximum absolute atomic E-state index is 12.7. The highest BCUT2D eigenvalue weighted by atomic mass is 79.9. The number of hydrogen-bond donors (Lipinski definition) is 1. The number of benzene rings is 2. The number of barbiturate groups is 1. The number of amides is 4. The van der Waals surface area contributed by atoms with E-state index in [2.05, 4.69) is 21.2 Å². The second-order valence-electron chi connectivity index (χ2n) is 5.59. The molecule has 1 N–H and O–H groups in total. The highest BCUT2D eigenvalue weighted by molar-refractivity contribution is 9.10. The van der Waals surface area contributed by atoms with Crippen LogP contribution >= 0.6 is 15.9 Å². The van der Waals surface area contributed by atoms with Gasteiger partial charge in [-0.15, -0.1) is 0 Å². The Labute approximate surface area is 158 Å². The van der Waals surface area contributed by atoms with Gasteiger partial charge in [-0.1, -0.05) is 36.4 Å². The van der Waals surface area contributed by atoms with E-state index in [1.807, 2.05) is 18.2 Å². The standard InChI is InChI=1S/C19H15BrN2O4/c1-26-16-8-7-13(10-15(16)20)9-14-17(23)21-19(25)22(18(14)24)11-12-5-3-2-4-6-12/h2-10H,11H2,1H3,(H,21,23,25)/b14-9+. The molecular formula is C19H15BrN2O4. The number of imide groups is 2. The third kappa shape index (κ3) is 3.67. The summed E-state index contributed by atoms with van der Waals surface area (Å²) in [6.07, 6.45) is 1.45. The third-order valence-corrected chi connectivity index (χ3v) is 4.48. The SMILES string of the molecule is COc1ccc(/C=C2\C(=O)NC(=O)N(Cc3ccccc3)C2=O)cc1Br. The van der Waals surface area contributed by atoms with Crippen molar-refractivity contribution >= 4 is 39.9 Å². The molecule has 0 saturated carbocycles. The molecule has 1 heterocycles. The van der Waals surface area contributed by atoms with Gasteiger partial charge in [0.05, 0.1) is 18.1 Å². The van der Waals surface area contributed by atoms with Crippen molar-refractivity contribution in [2.75, 3.05) is 7.11 Å². The third-order valence-electron chi connectivity index (χ3n) is 3.86. The smallest absolute Gasteiger partial charge is 0.331 e. The van der Waals surface area contributed by atoms with E-state index in [1.165, 1.54) is 6.08 Å². The fourth-order valence-electron chi connectivity index (χ4n) is 2.54. The minimum Gasteiger partial charge on any atom is -0.496 e. The summed E-state index contributed by atoms with van der Waals surface area (Å²) < 4.78 is 5.85. The molecule has 0 radical (unpaired) electrons. The number of urea groups is 1. The first kappa shape index (κ1) is 17.9. The van der Waals surface area contributed by atoms with E-state index < -0.39 is 17.8 Å². The quantitative estimate of drug-likeness (QED) is 0.615. The van der Waals surface area contributed by atoms with Crippen LogP contribution in [0.3, 0.4) is 0 Å². The molecule has 7 heteroatoms. The Hall–Kier alpha value is -2.93. The van der Waals surface area contributed by atoms with Crippen LogP contribution in [0.5, 0.6) is 5.75 Å². The summed E-state index contributed by atoms with van der Waals surface area (Å²) in [4.78, 5) is 37.9. The summed E-state index contributed by atoms with van der Waals surface area (Å²) in [5.41, 5.74) is 1.32. The first-order chi connectivity index (χ1) is 12.5. The van der Waals surface area contributed by atoms with E-state index in [0.717, 1.165) is 10.5 Å². The fraction of sp³-hybridized carbons (Fsp3) is 0.105. The molecular weight excluding hydrogens is 400 g/mol. The van der Waals surface area contributed by atoms with E-state index in [4.69, 9.17) is 4.74 Å². The van der Waals surface area contributed by atoms with Gasteiger partial charge in [-0.05, 0) is 45.3 Å². The Balaban J connectivity index is 1.91. The molecule has 132 valence electrons. The molecule has 0 unspecified atom stereocenters. The van der Waals surface area contributed by atoms with E-state index >= 15 is 0 Å². The Bertz CT molecular complexity index is 909. The van der Waals surface area contributed by atoms with Gasteiger partial charge >= 0.3 is 6.03 Å². The number of hydrogen-bond acceptors (Lipinski definition) is 4. The van der Waals surface area contributed by atoms with E-state index in [-0.39, 0.29) is 12.1 Å². The molecule has 6 nitrogen and oxygen atoms in total. The van der Waals surface area contributed by atoms with Gasteiger partial charge in [0.15, 0.2) is 0 Å². The summed E-state index contributed by atoms with van der Waals surface area (Å²) in [6.45, 7) is 0.0857. The zero-order chi connectivity index (χ0) is 18.7. The second kappa shape index (κ2) is 7.53. The number of carbonyl (C=O) groups is 3. The molecule has 1 aliphatic rings. The van der Waals surface area contributed by atoms with Crippen LogP contribution < -0.4 is 10.1 Å². The second-order valence-corrected chi connectivity index (χ2v) is 6.44. The number of carbonyl (C=O) groups excluding carboxylic acids is 3. The highest BCUT2D eigenvalue weighted by Crippen LogP contribution is 2.27. The molecule has 1 aliphatic heterocycles. The van der Waals surface area contributed by atoms with Crippen molar-refractivity contribution in [2.45, 2.75) is 6.54 Å². The predicted octanol–water partition coefficient (Wildman–Crippen LogP) is 3.12. The van der Waals surface area contributed by atoms with Gasteiger partial charge in [-0.2, -0.15) is 0 Å². The summed E-state index contributed by atoms with van der Waals surface area (Å²) in [5.74, 6) is -0.710. The Morgan fingerprint density at radius 1 is 1.12 bits per heavy atom. The van der Waals surface area contributed by atoms with E-state index in [1.54, 1.807) is 37.4 Å². The van der Waals surface area contributed by atoms with Gasteiger partial charge in [0, 0.05) is 0 Å². The number of nitrogens with one attached hydrogen (secondary N) is 1. The van der Waals surface area contributed by atoms with Crippen molar-refractivity contribution < 1.29 is 19.1 Å². The predicted molar refractivity (Wildman–Crippen MR) is 99.2 cm³/mol. The average molecular weight is 415 g/mol. The van der Waals surface area contributed by atoms with Gasteiger partial charge in [-0.25, -0.2) is 4.79 Å². The summed E-state index contributed by atoms with van der Waals surface area (Å²) in [6, 6.07) is 13.5. The topological polar surface area (TPSA) is 75.7 Å². The normalized spacial score (nSPS) is 16.0. The lowest BCUT2D eigenvalue weighted by molar-refractivity contribution is -0.130. The van der Waals surface area contributed by atoms with Crippen molar-refractivity contribution in [3.05, 3.63) is 69.7 Å². The maximum Gasteiger partial charge on any atom is 0.331 e. The lowest BCUT2D eigenvalue weighted by atomic mass is 10.1. The number of ether oxygens (including phenoxy) is 1. The van der Waals surface area contributed by atoms with Crippen molar-refractivity contribution in [3.8, 4) is 5.75 Å². The fourth-order valence-corrected chi connectivity index (χ4v) is 3.10. The molecule has 0 aliphatic carbocycles. The van der Waals surface area contributed by atoms with Gasteiger partial charge in [0.25, 0.3) is 11.8 Å². The van der Waals surface area contributed by atoms with E-state index in [9.17, 15) is 14.4 Å². The number of nitrogens with zero attached hydrogens (tertiary/aromatic N) is 1. The number of halogens is 1. The monoisotopic (exact) mass is 414 g/mol. The Kier molecular flexibility index (Phi) is 5.18. The van der Waals surface area contributed by atoms with Crippen LogP contribution in [0.2, 0.25) is 0 Å². The van der Waals surface area contributed by atoms with Crippen molar-refractivity contribution in [3.63, 3.8) is 0 Å². The summed E-state index contributed by atoms with van der Waals surface area (Å²) in [7, 11) is 1.55. The van der Waals surface area contributed by atoms with Crippen molar-refractivity contribution in [1.29, 1.82) is 0 Å². The van der Waals surface area contributed by atoms with Crippen LogP contribution in [-0.4, -0.2) is 29.9 Å². The van der Waals surface area contributed by atoms with Crippen molar-refractivity contribution in [1.82, 2.24) is 10.2 Å². The number of rotatable bonds is 4.